The van der Waals surface area contributed by atoms with Gasteiger partial charge in [-0.25, -0.2) is 0 Å². The number of rotatable bonds is 7. The van der Waals surface area contributed by atoms with Crippen molar-refractivity contribution in [1.82, 2.24) is 0 Å². The van der Waals surface area contributed by atoms with Crippen molar-refractivity contribution in [2.45, 2.75) is 31.4 Å². The maximum absolute atomic E-state index is 11.7. The van der Waals surface area contributed by atoms with Gasteiger partial charge in [0.25, 0.3) is 0 Å². The van der Waals surface area contributed by atoms with Crippen molar-refractivity contribution in [2.75, 3.05) is 12.4 Å². The molecule has 0 saturated carbocycles. The van der Waals surface area contributed by atoms with Crippen LogP contribution in [0.4, 0.5) is 4.39 Å². The van der Waals surface area contributed by atoms with Gasteiger partial charge in [0.1, 0.15) is 5.25 Å². The molecule has 0 aliphatic heterocycles. The molecule has 2 nitrogen and oxygen atoms in total. The van der Waals surface area contributed by atoms with Crippen molar-refractivity contribution < 1.29 is 14.3 Å². The normalized spacial score (nSPS) is 12.8. The molecule has 0 aromatic rings. The fourth-order valence-electron chi connectivity index (χ4n) is 0.820. The van der Waals surface area contributed by atoms with E-state index in [9.17, 15) is 9.18 Å². The summed E-state index contributed by atoms with van der Waals surface area (Å²) < 4.78 is 11.7. The standard InChI is InChI=1S/C8H15FO2S/c1-2-4-7(8(10)11)12-6-3-5-9/h7H,2-6H2,1H3,(H,10,11). The van der Waals surface area contributed by atoms with Gasteiger partial charge in [0.15, 0.2) is 0 Å². The van der Waals surface area contributed by atoms with Gasteiger partial charge in [-0.2, -0.15) is 0 Å². The van der Waals surface area contributed by atoms with E-state index in [0.29, 0.717) is 18.6 Å². The second kappa shape index (κ2) is 7.40. The first-order valence-electron chi connectivity index (χ1n) is 4.12. The van der Waals surface area contributed by atoms with Crippen LogP contribution in [0.1, 0.15) is 26.2 Å². The lowest BCUT2D eigenvalue weighted by Gasteiger charge is -2.09. The number of hydrogen-bond donors (Lipinski definition) is 1. The Hall–Kier alpha value is -0.250. The zero-order valence-corrected chi connectivity index (χ0v) is 8.07. The van der Waals surface area contributed by atoms with Crippen molar-refractivity contribution in [3.63, 3.8) is 0 Å². The van der Waals surface area contributed by atoms with Gasteiger partial charge in [-0.05, 0) is 18.6 Å². The van der Waals surface area contributed by atoms with Crippen LogP contribution in [0.3, 0.4) is 0 Å². The van der Waals surface area contributed by atoms with Crippen LogP contribution in [0.5, 0.6) is 0 Å². The van der Waals surface area contributed by atoms with Crippen LogP contribution < -0.4 is 0 Å². The quantitative estimate of drug-likeness (QED) is 0.632. The number of halogens is 1. The molecular weight excluding hydrogens is 179 g/mol. The summed E-state index contributed by atoms with van der Waals surface area (Å²) in [5.74, 6) is -0.172. The minimum Gasteiger partial charge on any atom is -0.480 e. The lowest BCUT2D eigenvalue weighted by atomic mass is 10.2. The van der Waals surface area contributed by atoms with Gasteiger partial charge in [-0.3, -0.25) is 9.18 Å². The van der Waals surface area contributed by atoms with Crippen molar-refractivity contribution in [3.05, 3.63) is 0 Å². The molecule has 0 aromatic heterocycles. The van der Waals surface area contributed by atoms with Crippen molar-refractivity contribution in [2.24, 2.45) is 0 Å². The third-order valence-electron chi connectivity index (χ3n) is 1.42. The summed E-state index contributed by atoms with van der Waals surface area (Å²) >= 11 is 1.34. The van der Waals surface area contributed by atoms with E-state index in [4.69, 9.17) is 5.11 Å². The van der Waals surface area contributed by atoms with Crippen LogP contribution >= 0.6 is 11.8 Å². The molecule has 0 amide bonds. The number of carbonyl (C=O) groups is 1. The van der Waals surface area contributed by atoms with E-state index in [-0.39, 0.29) is 11.9 Å². The van der Waals surface area contributed by atoms with E-state index >= 15 is 0 Å². The van der Waals surface area contributed by atoms with Gasteiger partial charge >= 0.3 is 5.97 Å². The SMILES string of the molecule is CCCC(SCCCF)C(=O)O. The molecule has 0 aliphatic carbocycles. The molecule has 0 rings (SSSR count). The predicted molar refractivity (Wildman–Crippen MR) is 49.4 cm³/mol. The van der Waals surface area contributed by atoms with Crippen LogP contribution in [0.25, 0.3) is 0 Å². The van der Waals surface area contributed by atoms with E-state index in [1.807, 2.05) is 6.92 Å². The third-order valence-corrected chi connectivity index (χ3v) is 2.79. The van der Waals surface area contributed by atoms with Crippen LogP contribution in [0, 0.1) is 0 Å². The zero-order valence-electron chi connectivity index (χ0n) is 7.25. The Kier molecular flexibility index (Phi) is 7.25. The number of carboxylic acid groups (broad SMARTS) is 1. The smallest absolute Gasteiger partial charge is 0.316 e. The molecule has 0 aromatic carbocycles. The van der Waals surface area contributed by atoms with Crippen LogP contribution in [-0.4, -0.2) is 28.8 Å². The first-order chi connectivity index (χ1) is 5.72. The molecule has 0 fully saturated rings. The number of aliphatic carboxylic acids is 1. The number of hydrogen-bond acceptors (Lipinski definition) is 2. The maximum atomic E-state index is 11.7. The molecule has 1 N–H and O–H groups in total. The lowest BCUT2D eigenvalue weighted by Crippen LogP contribution is -2.16. The topological polar surface area (TPSA) is 37.3 Å². The summed E-state index contributed by atoms with van der Waals surface area (Å²) in [5, 5.41) is 8.34. The average Bonchev–Trinajstić information content (AvgIpc) is 2.03. The molecule has 0 spiro atoms. The third kappa shape index (κ3) is 5.41. The van der Waals surface area contributed by atoms with E-state index in [1.54, 1.807) is 0 Å². The molecule has 0 saturated heterocycles. The Morgan fingerprint density at radius 3 is 2.75 bits per heavy atom. The van der Waals surface area contributed by atoms with E-state index in [2.05, 4.69) is 0 Å². The van der Waals surface area contributed by atoms with Gasteiger partial charge in [0.05, 0.1) is 6.67 Å². The van der Waals surface area contributed by atoms with Crippen molar-refractivity contribution >= 4 is 17.7 Å². The van der Waals surface area contributed by atoms with Gasteiger partial charge < -0.3 is 5.11 Å². The van der Waals surface area contributed by atoms with Gasteiger partial charge in [-0.15, -0.1) is 11.8 Å². The highest BCUT2D eigenvalue weighted by Crippen LogP contribution is 2.17. The molecule has 0 bridgehead atoms. The molecule has 0 aliphatic rings. The van der Waals surface area contributed by atoms with E-state index in [0.717, 1.165) is 6.42 Å². The van der Waals surface area contributed by atoms with Gasteiger partial charge in [0.2, 0.25) is 0 Å². The van der Waals surface area contributed by atoms with Crippen molar-refractivity contribution in [1.29, 1.82) is 0 Å². The van der Waals surface area contributed by atoms with Crippen LogP contribution in [-0.2, 0) is 4.79 Å². The second-order valence-corrected chi connectivity index (χ2v) is 3.84. The average molecular weight is 194 g/mol. The van der Waals surface area contributed by atoms with Gasteiger partial charge in [0, 0.05) is 0 Å². The molecule has 0 heterocycles. The molecule has 72 valence electrons. The summed E-state index contributed by atoms with van der Waals surface area (Å²) in [5.41, 5.74) is 0. The Bertz CT molecular complexity index is 130. The molecule has 1 unspecified atom stereocenters. The van der Waals surface area contributed by atoms with E-state index in [1.165, 1.54) is 11.8 Å². The van der Waals surface area contributed by atoms with Crippen molar-refractivity contribution in [3.8, 4) is 0 Å². The lowest BCUT2D eigenvalue weighted by molar-refractivity contribution is -0.136. The summed E-state index contributed by atoms with van der Waals surface area (Å²) in [6, 6.07) is 0. The monoisotopic (exact) mass is 194 g/mol. The highest BCUT2D eigenvalue weighted by molar-refractivity contribution is 8.00. The Morgan fingerprint density at radius 2 is 2.33 bits per heavy atom. The molecular formula is C8H15FO2S. The Labute approximate surface area is 76.5 Å². The Morgan fingerprint density at radius 1 is 1.67 bits per heavy atom. The number of alkyl halides is 1. The first kappa shape index (κ1) is 11.8. The second-order valence-electron chi connectivity index (χ2n) is 2.53. The fourth-order valence-corrected chi connectivity index (χ4v) is 1.93. The zero-order chi connectivity index (χ0) is 9.40. The number of thioether (sulfide) groups is 1. The largest absolute Gasteiger partial charge is 0.480 e. The maximum Gasteiger partial charge on any atom is 0.316 e. The molecule has 0 radical (unpaired) electrons. The van der Waals surface area contributed by atoms with Gasteiger partial charge in [-0.1, -0.05) is 13.3 Å². The highest BCUT2D eigenvalue weighted by atomic mass is 32.2. The summed E-state index contributed by atoms with van der Waals surface area (Å²) in [4.78, 5) is 10.6. The molecule has 1 atom stereocenters. The molecule has 4 heteroatoms. The Balaban J connectivity index is 3.56. The van der Waals surface area contributed by atoms with Crippen LogP contribution in [0.15, 0.2) is 0 Å². The van der Waals surface area contributed by atoms with E-state index < -0.39 is 5.97 Å². The number of carboxylic acids is 1. The predicted octanol–water partition coefficient (Wildman–Crippen LogP) is 2.33. The summed E-state index contributed by atoms with van der Waals surface area (Å²) in [6.07, 6.45) is 1.99. The summed E-state index contributed by atoms with van der Waals surface area (Å²) in [6.45, 7) is 1.59. The fraction of sp³-hybridized carbons (Fsp3) is 0.875. The summed E-state index contributed by atoms with van der Waals surface area (Å²) in [7, 11) is 0. The molecule has 12 heavy (non-hydrogen) atoms. The first-order valence-corrected chi connectivity index (χ1v) is 5.17. The minimum absolute atomic E-state index is 0.346. The minimum atomic E-state index is -0.777. The highest BCUT2D eigenvalue weighted by Gasteiger charge is 2.15. The van der Waals surface area contributed by atoms with Crippen LogP contribution in [0.2, 0.25) is 0 Å².